The topological polar surface area (TPSA) is 139 Å². The number of carbonyl (C=O) groups is 1. The molecular weight excluding hydrogens is 558 g/mol. The van der Waals surface area contributed by atoms with Crippen molar-refractivity contribution in [2.24, 2.45) is 0 Å². The highest BCUT2D eigenvalue weighted by molar-refractivity contribution is 5.85. The second-order valence-corrected chi connectivity index (χ2v) is 11.6. The molecule has 0 unspecified atom stereocenters. The van der Waals surface area contributed by atoms with Crippen molar-refractivity contribution in [3.8, 4) is 22.5 Å². The summed E-state index contributed by atoms with van der Waals surface area (Å²) in [5, 5.41) is 27.0. The van der Waals surface area contributed by atoms with Crippen molar-refractivity contribution in [3.63, 3.8) is 0 Å². The zero-order valence-electron chi connectivity index (χ0n) is 24.4. The van der Waals surface area contributed by atoms with Crippen molar-refractivity contribution in [2.75, 3.05) is 6.54 Å². The van der Waals surface area contributed by atoms with Gasteiger partial charge < -0.3 is 5.11 Å². The van der Waals surface area contributed by atoms with E-state index in [2.05, 4.69) is 27.5 Å². The Labute approximate surface area is 253 Å². The van der Waals surface area contributed by atoms with E-state index < -0.39 is 11.6 Å². The normalized spacial score (nSPS) is 19.9. The lowest BCUT2D eigenvalue weighted by Gasteiger charge is -2.25. The number of benzene rings is 3. The van der Waals surface area contributed by atoms with Crippen LogP contribution in [0.5, 0.6) is 0 Å². The average Bonchev–Trinajstić information content (AvgIpc) is 3.80. The molecule has 0 radical (unpaired) electrons. The van der Waals surface area contributed by atoms with Gasteiger partial charge in [0.1, 0.15) is 5.82 Å². The van der Waals surface area contributed by atoms with Gasteiger partial charge in [-0.15, -0.1) is 10.2 Å². The number of hydrogen-bond acceptors (Lipinski definition) is 8. The first kappa shape index (κ1) is 28.1. The Morgan fingerprint density at radius 2 is 1.93 bits per heavy atom. The molecule has 224 valence electrons. The first-order valence-electron chi connectivity index (χ1n) is 15.1. The Hall–Kier alpha value is -4.74. The number of tetrazole rings is 1. The van der Waals surface area contributed by atoms with Crippen molar-refractivity contribution in [1.82, 2.24) is 35.2 Å². The van der Waals surface area contributed by atoms with E-state index in [4.69, 9.17) is 9.82 Å². The van der Waals surface area contributed by atoms with Crippen molar-refractivity contribution in [2.45, 2.75) is 63.6 Å². The molecule has 2 aliphatic rings. The summed E-state index contributed by atoms with van der Waals surface area (Å²) in [6.45, 7) is 3.16. The van der Waals surface area contributed by atoms with Gasteiger partial charge in [0, 0.05) is 31.0 Å². The van der Waals surface area contributed by atoms with E-state index in [0.717, 1.165) is 47.9 Å². The SMILES string of the molecule is CCCCc1nc2ccc([C@]3(C(=O)O)C[C@H]4CCCN4O3)cc2c(=O)n1Cc1ccc(-c2ccccc2-c2nn[nH]n2)cc1. The van der Waals surface area contributed by atoms with Gasteiger partial charge in [-0.2, -0.15) is 10.3 Å². The molecule has 0 aliphatic carbocycles. The highest BCUT2D eigenvalue weighted by Crippen LogP contribution is 2.44. The van der Waals surface area contributed by atoms with Gasteiger partial charge in [0.2, 0.25) is 11.4 Å². The maximum absolute atomic E-state index is 14.1. The minimum atomic E-state index is -1.51. The maximum Gasteiger partial charge on any atom is 0.342 e. The third kappa shape index (κ3) is 4.87. The third-order valence-corrected chi connectivity index (χ3v) is 8.84. The molecule has 3 aromatic carbocycles. The van der Waals surface area contributed by atoms with Crippen LogP contribution in [-0.4, -0.2) is 58.9 Å². The van der Waals surface area contributed by atoms with Crippen molar-refractivity contribution in [3.05, 3.63) is 94.0 Å². The smallest absolute Gasteiger partial charge is 0.342 e. The summed E-state index contributed by atoms with van der Waals surface area (Å²) in [6.07, 6.45) is 4.77. The lowest BCUT2D eigenvalue weighted by molar-refractivity contribution is -0.214. The molecule has 44 heavy (non-hydrogen) atoms. The second kappa shape index (κ2) is 11.4. The number of rotatable bonds is 9. The number of hydrogen-bond donors (Lipinski definition) is 2. The predicted octanol–water partition coefficient (Wildman–Crippen LogP) is 4.71. The number of aromatic nitrogens is 6. The molecule has 11 nitrogen and oxygen atoms in total. The molecule has 0 spiro atoms. The quantitative estimate of drug-likeness (QED) is 0.249. The van der Waals surface area contributed by atoms with Crippen LogP contribution in [0.25, 0.3) is 33.4 Å². The number of unbranched alkanes of at least 4 members (excludes halogenated alkanes) is 1. The van der Waals surface area contributed by atoms with E-state index in [1.54, 1.807) is 27.8 Å². The minimum absolute atomic E-state index is 0.0650. The number of nitrogens with one attached hydrogen (secondary N) is 1. The largest absolute Gasteiger partial charge is 0.479 e. The van der Waals surface area contributed by atoms with E-state index in [-0.39, 0.29) is 11.6 Å². The van der Waals surface area contributed by atoms with Crippen LogP contribution in [0.3, 0.4) is 0 Å². The van der Waals surface area contributed by atoms with Gasteiger partial charge >= 0.3 is 5.97 Å². The zero-order valence-corrected chi connectivity index (χ0v) is 24.4. The number of fused-ring (bicyclic) bond motifs is 2. The Bertz CT molecular complexity index is 1870. The van der Waals surface area contributed by atoms with E-state index in [9.17, 15) is 14.7 Å². The monoisotopic (exact) mass is 591 g/mol. The third-order valence-electron chi connectivity index (χ3n) is 8.84. The van der Waals surface area contributed by atoms with Crippen LogP contribution in [0, 0.1) is 0 Å². The Balaban J connectivity index is 1.25. The predicted molar refractivity (Wildman–Crippen MR) is 164 cm³/mol. The molecule has 2 N–H and O–H groups in total. The van der Waals surface area contributed by atoms with Gasteiger partial charge in [0.05, 0.1) is 17.4 Å². The fourth-order valence-electron chi connectivity index (χ4n) is 6.51. The summed E-state index contributed by atoms with van der Waals surface area (Å²) in [6, 6.07) is 21.2. The Morgan fingerprint density at radius 1 is 1.11 bits per heavy atom. The van der Waals surface area contributed by atoms with Gasteiger partial charge in [-0.3, -0.25) is 14.2 Å². The highest BCUT2D eigenvalue weighted by Gasteiger charge is 2.54. The fourth-order valence-corrected chi connectivity index (χ4v) is 6.51. The number of carboxylic acids is 1. The summed E-state index contributed by atoms with van der Waals surface area (Å²) < 4.78 is 1.73. The van der Waals surface area contributed by atoms with Crippen LogP contribution in [0.4, 0.5) is 0 Å². The number of carboxylic acid groups (broad SMARTS) is 1. The number of aryl methyl sites for hydroxylation is 1. The molecule has 11 heteroatoms. The number of aliphatic carboxylic acids is 1. The molecule has 0 saturated carbocycles. The first-order valence-corrected chi connectivity index (χ1v) is 15.1. The molecule has 7 rings (SSSR count). The molecule has 5 aromatic rings. The number of H-pyrrole nitrogens is 1. The number of aromatic amines is 1. The van der Waals surface area contributed by atoms with E-state index >= 15 is 0 Å². The van der Waals surface area contributed by atoms with Crippen molar-refractivity contribution >= 4 is 16.9 Å². The number of hydroxylamine groups is 2. The van der Waals surface area contributed by atoms with Gasteiger partial charge in [0.25, 0.3) is 5.56 Å². The van der Waals surface area contributed by atoms with Gasteiger partial charge in [-0.1, -0.05) is 67.9 Å². The molecule has 4 heterocycles. The molecule has 2 atom stereocenters. The zero-order chi connectivity index (χ0) is 30.3. The van der Waals surface area contributed by atoms with Crippen molar-refractivity contribution < 1.29 is 14.7 Å². The van der Waals surface area contributed by atoms with E-state index in [1.807, 2.05) is 48.5 Å². The summed E-state index contributed by atoms with van der Waals surface area (Å²) >= 11 is 0. The summed E-state index contributed by atoms with van der Waals surface area (Å²) in [5.74, 6) is 0.195. The van der Waals surface area contributed by atoms with E-state index in [1.165, 1.54) is 0 Å². The molecule has 0 bridgehead atoms. The molecule has 2 fully saturated rings. The average molecular weight is 592 g/mol. The van der Waals surface area contributed by atoms with Crippen LogP contribution >= 0.6 is 0 Å². The molecule has 2 aromatic heterocycles. The lowest BCUT2D eigenvalue weighted by atomic mass is 9.87. The standard InChI is InChI=1S/C33H33N7O4/c1-2-3-10-29-34-28-16-15-23(33(32(42)43)19-24-7-6-17-40(24)44-33)18-27(28)31(41)39(29)20-21-11-13-22(14-12-21)25-8-4-5-9-26(25)30-35-37-38-36-30/h4-5,8-9,11-16,18,24H,2-3,6-7,10,17,19-20H2,1H3,(H,42,43)(H,35,36,37,38)/t24-,33+/m1/s1. The van der Waals surface area contributed by atoms with Crippen LogP contribution in [0.2, 0.25) is 0 Å². The number of nitrogens with zero attached hydrogens (tertiary/aromatic N) is 6. The minimum Gasteiger partial charge on any atom is -0.479 e. The van der Waals surface area contributed by atoms with Gasteiger partial charge in [-0.05, 0) is 58.9 Å². The Morgan fingerprint density at radius 3 is 2.66 bits per heavy atom. The van der Waals surface area contributed by atoms with Crippen LogP contribution in [-0.2, 0) is 28.2 Å². The fraction of sp³-hybridized carbons (Fsp3) is 0.333. The maximum atomic E-state index is 14.1. The van der Waals surface area contributed by atoms with Crippen LogP contribution < -0.4 is 5.56 Å². The lowest BCUT2D eigenvalue weighted by Crippen LogP contribution is -2.37. The molecule has 2 aliphatic heterocycles. The van der Waals surface area contributed by atoms with Gasteiger partial charge in [0.15, 0.2) is 0 Å². The summed E-state index contributed by atoms with van der Waals surface area (Å²) in [4.78, 5) is 37.7. The molecule has 2 saturated heterocycles. The molecule has 0 amide bonds. The van der Waals surface area contributed by atoms with Crippen molar-refractivity contribution in [1.29, 1.82) is 0 Å². The van der Waals surface area contributed by atoms with Crippen LogP contribution in [0.15, 0.2) is 71.5 Å². The van der Waals surface area contributed by atoms with Crippen LogP contribution in [0.1, 0.15) is 56.0 Å². The Kier molecular flexibility index (Phi) is 7.27. The summed E-state index contributed by atoms with van der Waals surface area (Å²) in [7, 11) is 0. The summed E-state index contributed by atoms with van der Waals surface area (Å²) in [5.41, 5.74) is 3.13. The first-order chi connectivity index (χ1) is 21.5. The second-order valence-electron chi connectivity index (χ2n) is 11.6. The highest BCUT2D eigenvalue weighted by atomic mass is 16.7. The van der Waals surface area contributed by atoms with E-state index in [0.29, 0.717) is 54.0 Å². The van der Waals surface area contributed by atoms with Gasteiger partial charge in [-0.25, -0.2) is 9.78 Å². The molecular formula is C33H33N7O4.